The number of amides is 2. The molecule has 0 bridgehead atoms. The Hall–Kier alpha value is -1.59. The first-order valence-corrected chi connectivity index (χ1v) is 8.81. The maximum absolute atomic E-state index is 12.8. The highest BCUT2D eigenvalue weighted by atomic mass is 16.4. The number of likely N-dealkylation sites (tertiary alicyclic amines) is 1. The van der Waals surface area contributed by atoms with Crippen LogP contribution in [0.5, 0.6) is 0 Å². The van der Waals surface area contributed by atoms with Gasteiger partial charge in [0.05, 0.1) is 5.92 Å². The van der Waals surface area contributed by atoms with Crippen LogP contribution in [-0.2, 0) is 14.4 Å². The van der Waals surface area contributed by atoms with Crippen LogP contribution in [-0.4, -0.2) is 58.4 Å². The standard InChI is InChI=1S/C17H28N2O4/c1-3-18(4-2)16(21)14-9-6-10-19(14)15(20)12-7-5-8-13(11-12)17(22)23/h12-14H,3-11H2,1-2H3,(H,22,23). The molecule has 2 fully saturated rings. The van der Waals surface area contributed by atoms with Crippen LogP contribution in [0.1, 0.15) is 52.4 Å². The van der Waals surface area contributed by atoms with Crippen molar-refractivity contribution in [1.29, 1.82) is 0 Å². The number of carbonyl (C=O) groups is 3. The van der Waals surface area contributed by atoms with Crippen LogP contribution < -0.4 is 0 Å². The maximum atomic E-state index is 12.8. The topological polar surface area (TPSA) is 77.9 Å². The number of carbonyl (C=O) groups excluding carboxylic acids is 2. The Kier molecular flexibility index (Phi) is 6.02. The molecule has 0 radical (unpaired) electrons. The Morgan fingerprint density at radius 3 is 2.30 bits per heavy atom. The number of aliphatic carboxylic acids is 1. The van der Waals surface area contributed by atoms with E-state index in [1.807, 2.05) is 13.8 Å². The van der Waals surface area contributed by atoms with Crippen LogP contribution in [0.4, 0.5) is 0 Å². The number of hydrogen-bond acceptors (Lipinski definition) is 3. The second-order valence-corrected chi connectivity index (χ2v) is 6.60. The van der Waals surface area contributed by atoms with E-state index in [0.29, 0.717) is 32.5 Å². The van der Waals surface area contributed by atoms with Crippen molar-refractivity contribution in [2.24, 2.45) is 11.8 Å². The summed E-state index contributed by atoms with van der Waals surface area (Å²) in [6.07, 6.45) is 4.15. The fourth-order valence-electron chi connectivity index (χ4n) is 3.91. The normalized spacial score (nSPS) is 27.7. The van der Waals surface area contributed by atoms with E-state index < -0.39 is 11.9 Å². The minimum atomic E-state index is -0.806. The van der Waals surface area contributed by atoms with Crippen molar-refractivity contribution in [3.8, 4) is 0 Å². The van der Waals surface area contributed by atoms with Gasteiger partial charge in [0, 0.05) is 25.6 Å². The lowest BCUT2D eigenvalue weighted by Gasteiger charge is -2.33. The molecule has 0 spiro atoms. The summed E-state index contributed by atoms with van der Waals surface area (Å²) in [6, 6.07) is -0.354. The van der Waals surface area contributed by atoms with E-state index in [1.54, 1.807) is 9.80 Å². The number of nitrogens with zero attached hydrogens (tertiary/aromatic N) is 2. The van der Waals surface area contributed by atoms with Gasteiger partial charge in [0.1, 0.15) is 6.04 Å². The van der Waals surface area contributed by atoms with E-state index >= 15 is 0 Å². The number of carboxylic acid groups (broad SMARTS) is 1. The quantitative estimate of drug-likeness (QED) is 0.835. The highest BCUT2D eigenvalue weighted by molar-refractivity contribution is 5.89. The smallest absolute Gasteiger partial charge is 0.306 e. The van der Waals surface area contributed by atoms with Crippen LogP contribution in [0.3, 0.4) is 0 Å². The lowest BCUT2D eigenvalue weighted by Crippen LogP contribution is -2.49. The predicted molar refractivity (Wildman–Crippen MR) is 85.7 cm³/mol. The van der Waals surface area contributed by atoms with Gasteiger partial charge in [-0.1, -0.05) is 6.42 Å². The van der Waals surface area contributed by atoms with Gasteiger partial charge in [0.2, 0.25) is 11.8 Å². The lowest BCUT2D eigenvalue weighted by atomic mass is 9.80. The minimum absolute atomic E-state index is 0.0149. The molecule has 23 heavy (non-hydrogen) atoms. The molecule has 130 valence electrons. The molecular formula is C17H28N2O4. The van der Waals surface area contributed by atoms with Crippen LogP contribution in [0.15, 0.2) is 0 Å². The molecule has 1 heterocycles. The molecule has 2 aliphatic rings. The number of carboxylic acids is 1. The highest BCUT2D eigenvalue weighted by Crippen LogP contribution is 2.32. The summed E-state index contributed by atoms with van der Waals surface area (Å²) in [5.41, 5.74) is 0. The van der Waals surface area contributed by atoms with Crippen molar-refractivity contribution in [1.82, 2.24) is 9.80 Å². The second kappa shape index (κ2) is 7.79. The number of likely N-dealkylation sites (N-methyl/N-ethyl adjacent to an activating group) is 1. The van der Waals surface area contributed by atoms with E-state index in [0.717, 1.165) is 25.7 Å². The predicted octanol–water partition coefficient (Wildman–Crippen LogP) is 1.74. The molecule has 2 amide bonds. The van der Waals surface area contributed by atoms with Crippen molar-refractivity contribution >= 4 is 17.8 Å². The maximum Gasteiger partial charge on any atom is 0.306 e. The van der Waals surface area contributed by atoms with E-state index in [2.05, 4.69) is 0 Å². The minimum Gasteiger partial charge on any atom is -0.481 e. The van der Waals surface area contributed by atoms with E-state index in [1.165, 1.54) is 0 Å². The van der Waals surface area contributed by atoms with Gasteiger partial charge in [-0.25, -0.2) is 0 Å². The van der Waals surface area contributed by atoms with Crippen molar-refractivity contribution in [3.05, 3.63) is 0 Å². The summed E-state index contributed by atoms with van der Waals surface area (Å²) < 4.78 is 0. The third kappa shape index (κ3) is 3.85. The molecule has 3 unspecified atom stereocenters. The van der Waals surface area contributed by atoms with Gasteiger partial charge < -0.3 is 14.9 Å². The third-order valence-corrected chi connectivity index (χ3v) is 5.27. The monoisotopic (exact) mass is 324 g/mol. The van der Waals surface area contributed by atoms with Gasteiger partial charge in [-0.3, -0.25) is 14.4 Å². The van der Waals surface area contributed by atoms with Crippen LogP contribution in [0, 0.1) is 11.8 Å². The average Bonchev–Trinajstić information content (AvgIpc) is 3.04. The SMILES string of the molecule is CCN(CC)C(=O)C1CCCN1C(=O)C1CCCC(C(=O)O)C1. The van der Waals surface area contributed by atoms with Gasteiger partial charge in [-0.15, -0.1) is 0 Å². The Morgan fingerprint density at radius 1 is 1.04 bits per heavy atom. The van der Waals surface area contributed by atoms with E-state index in [-0.39, 0.29) is 23.8 Å². The average molecular weight is 324 g/mol. The largest absolute Gasteiger partial charge is 0.481 e. The van der Waals surface area contributed by atoms with Gasteiger partial charge in [-0.05, 0) is 46.0 Å². The summed E-state index contributed by atoms with van der Waals surface area (Å²) in [5.74, 6) is -1.45. The van der Waals surface area contributed by atoms with Crippen molar-refractivity contribution in [2.75, 3.05) is 19.6 Å². The van der Waals surface area contributed by atoms with E-state index in [4.69, 9.17) is 0 Å². The third-order valence-electron chi connectivity index (χ3n) is 5.27. The van der Waals surface area contributed by atoms with Gasteiger partial charge in [-0.2, -0.15) is 0 Å². The molecule has 3 atom stereocenters. The van der Waals surface area contributed by atoms with Gasteiger partial charge in [0.25, 0.3) is 0 Å². The first-order valence-electron chi connectivity index (χ1n) is 8.81. The van der Waals surface area contributed by atoms with Crippen LogP contribution >= 0.6 is 0 Å². The highest BCUT2D eigenvalue weighted by Gasteiger charge is 2.40. The molecule has 0 aromatic heterocycles. The van der Waals surface area contributed by atoms with Gasteiger partial charge >= 0.3 is 5.97 Å². The van der Waals surface area contributed by atoms with E-state index in [9.17, 15) is 19.5 Å². The lowest BCUT2D eigenvalue weighted by molar-refractivity contribution is -0.149. The first-order chi connectivity index (χ1) is 11.0. The fraction of sp³-hybridized carbons (Fsp3) is 0.824. The van der Waals surface area contributed by atoms with Crippen molar-refractivity contribution < 1.29 is 19.5 Å². The molecule has 1 N–H and O–H groups in total. The zero-order chi connectivity index (χ0) is 17.0. The summed E-state index contributed by atoms with van der Waals surface area (Å²) in [6.45, 7) is 5.81. The molecule has 6 heteroatoms. The molecule has 0 aromatic carbocycles. The first kappa shape index (κ1) is 17.8. The molecule has 1 saturated carbocycles. The van der Waals surface area contributed by atoms with Crippen molar-refractivity contribution in [2.45, 2.75) is 58.4 Å². The zero-order valence-electron chi connectivity index (χ0n) is 14.2. The Bertz CT molecular complexity index is 462. The molecule has 1 aliphatic carbocycles. The molecule has 2 rings (SSSR count). The summed E-state index contributed by atoms with van der Waals surface area (Å²) in [7, 11) is 0. The van der Waals surface area contributed by atoms with Crippen LogP contribution in [0.2, 0.25) is 0 Å². The Balaban J connectivity index is 2.05. The second-order valence-electron chi connectivity index (χ2n) is 6.60. The number of rotatable bonds is 5. The van der Waals surface area contributed by atoms with Crippen molar-refractivity contribution in [3.63, 3.8) is 0 Å². The van der Waals surface area contributed by atoms with Crippen LogP contribution in [0.25, 0.3) is 0 Å². The molecule has 6 nitrogen and oxygen atoms in total. The number of hydrogen-bond donors (Lipinski definition) is 1. The molecule has 1 saturated heterocycles. The molecular weight excluding hydrogens is 296 g/mol. The fourth-order valence-corrected chi connectivity index (χ4v) is 3.91. The Labute approximate surface area is 137 Å². The summed E-state index contributed by atoms with van der Waals surface area (Å²) in [4.78, 5) is 40.2. The van der Waals surface area contributed by atoms with Gasteiger partial charge in [0.15, 0.2) is 0 Å². The Morgan fingerprint density at radius 2 is 1.70 bits per heavy atom. The molecule has 1 aliphatic heterocycles. The summed E-state index contributed by atoms with van der Waals surface area (Å²) in [5, 5.41) is 9.19. The zero-order valence-corrected chi connectivity index (χ0v) is 14.2. The molecule has 0 aromatic rings. The summed E-state index contributed by atoms with van der Waals surface area (Å²) >= 11 is 0.